The lowest BCUT2D eigenvalue weighted by molar-refractivity contribution is -0.660. The van der Waals surface area contributed by atoms with Crippen molar-refractivity contribution in [2.45, 2.75) is 13.5 Å². The molecule has 0 atom stereocenters. The van der Waals surface area contributed by atoms with Crippen LogP contribution in [0.2, 0.25) is 5.02 Å². The average Bonchev–Trinajstić information content (AvgIpc) is 3.33. The second-order valence-corrected chi connectivity index (χ2v) is 7.70. The molecule has 8 nitrogen and oxygen atoms in total. The number of halogens is 1. The predicted molar refractivity (Wildman–Crippen MR) is 112 cm³/mol. The van der Waals surface area contributed by atoms with Crippen molar-refractivity contribution in [1.29, 1.82) is 0 Å². The molecule has 0 unspecified atom stereocenters. The van der Waals surface area contributed by atoms with E-state index in [-0.39, 0.29) is 29.3 Å². The molecule has 4 rings (SSSR count). The molecular weight excluding hydrogens is 428 g/mol. The Balaban J connectivity index is 1.59. The number of carbonyl (C=O) groups is 1. The highest BCUT2D eigenvalue weighted by Gasteiger charge is 2.28. The summed E-state index contributed by atoms with van der Waals surface area (Å²) in [6.45, 7) is 1.66. The van der Waals surface area contributed by atoms with E-state index >= 15 is 0 Å². The van der Waals surface area contributed by atoms with Crippen LogP contribution in [0.5, 0.6) is 5.75 Å². The van der Waals surface area contributed by atoms with Gasteiger partial charge in [-0.15, -0.1) is 11.3 Å². The quantitative estimate of drug-likeness (QED) is 0.310. The van der Waals surface area contributed by atoms with Gasteiger partial charge in [0.15, 0.2) is 16.6 Å². The summed E-state index contributed by atoms with van der Waals surface area (Å²) in [7, 11) is 0. The lowest BCUT2D eigenvalue weighted by Crippen LogP contribution is -2.36. The van der Waals surface area contributed by atoms with Crippen LogP contribution in [0.15, 0.2) is 57.2 Å². The molecule has 0 aliphatic carbocycles. The number of aromatic nitrogens is 3. The number of aromatic amines is 1. The van der Waals surface area contributed by atoms with Gasteiger partial charge in [0.25, 0.3) is 0 Å². The van der Waals surface area contributed by atoms with Gasteiger partial charge in [0.05, 0.1) is 5.56 Å². The normalized spacial score (nSPS) is 10.9. The number of ketones is 1. The van der Waals surface area contributed by atoms with Crippen LogP contribution in [-0.2, 0) is 6.54 Å². The number of hydrogen-bond acceptors (Lipinski definition) is 7. The monoisotopic (exact) mass is 443 g/mol. The Morgan fingerprint density at radius 2 is 2.13 bits per heavy atom. The molecule has 2 aromatic heterocycles. The first kappa shape index (κ1) is 19.9. The average molecular weight is 444 g/mol. The van der Waals surface area contributed by atoms with Crippen molar-refractivity contribution >= 4 is 33.9 Å². The van der Waals surface area contributed by atoms with Gasteiger partial charge in [-0.1, -0.05) is 29.8 Å². The molecule has 152 valence electrons. The van der Waals surface area contributed by atoms with E-state index in [4.69, 9.17) is 16.1 Å². The van der Waals surface area contributed by atoms with E-state index in [2.05, 4.69) is 15.6 Å². The van der Waals surface area contributed by atoms with Crippen molar-refractivity contribution < 1.29 is 19.1 Å². The highest BCUT2D eigenvalue weighted by molar-refractivity contribution is 7.14. The van der Waals surface area contributed by atoms with Crippen molar-refractivity contribution in [3.05, 3.63) is 74.4 Å². The topological polar surface area (TPSA) is 112 Å². The zero-order valence-electron chi connectivity index (χ0n) is 15.7. The highest BCUT2D eigenvalue weighted by Crippen LogP contribution is 2.26. The molecule has 0 fully saturated rings. The Hall–Kier alpha value is -3.43. The molecule has 0 saturated carbocycles. The number of phenolic OH excluding ortho intramolecular Hbond substituents is 1. The summed E-state index contributed by atoms with van der Waals surface area (Å²) < 4.78 is 6.42. The standard InChI is InChI=1S/C20H15ClN4O4S/c1-11(26)15-7-2-4-12(18(15)27)9-22-20-23-16(10-30-20)17-19(28)29-24-25(17)14-6-3-5-13(21)8-14/h2-8,10H,9H2,1H3,(H2-,22,23,24,26,27,28)/p+1. The number of phenols is 1. The van der Waals surface area contributed by atoms with Crippen molar-refractivity contribution in [2.75, 3.05) is 5.32 Å². The largest absolute Gasteiger partial charge is 0.507 e. The van der Waals surface area contributed by atoms with Crippen molar-refractivity contribution in [3.8, 4) is 22.8 Å². The van der Waals surface area contributed by atoms with E-state index in [0.717, 1.165) is 0 Å². The van der Waals surface area contributed by atoms with Crippen molar-refractivity contribution in [2.24, 2.45) is 0 Å². The van der Waals surface area contributed by atoms with Gasteiger partial charge in [-0.05, 0) is 29.0 Å². The van der Waals surface area contributed by atoms with Crippen LogP contribution in [0.3, 0.4) is 0 Å². The van der Waals surface area contributed by atoms with E-state index < -0.39 is 5.63 Å². The lowest BCUT2D eigenvalue weighted by atomic mass is 10.1. The van der Waals surface area contributed by atoms with E-state index in [1.54, 1.807) is 47.8 Å². The number of anilines is 1. The van der Waals surface area contributed by atoms with Crippen LogP contribution in [-0.4, -0.2) is 21.1 Å². The maximum absolute atomic E-state index is 12.3. The molecule has 0 saturated heterocycles. The Bertz CT molecular complexity index is 1290. The van der Waals surface area contributed by atoms with E-state index in [9.17, 15) is 14.7 Å². The van der Waals surface area contributed by atoms with Gasteiger partial charge < -0.3 is 10.4 Å². The zero-order valence-corrected chi connectivity index (χ0v) is 17.3. The maximum Gasteiger partial charge on any atom is 0.437 e. The summed E-state index contributed by atoms with van der Waals surface area (Å²) in [5.41, 5.74) is 1.52. The van der Waals surface area contributed by atoms with Crippen LogP contribution in [0.4, 0.5) is 5.13 Å². The fourth-order valence-electron chi connectivity index (χ4n) is 2.94. The third kappa shape index (κ3) is 3.85. The molecule has 0 spiro atoms. The molecule has 0 radical (unpaired) electrons. The number of rotatable bonds is 6. The zero-order chi connectivity index (χ0) is 21.3. The summed E-state index contributed by atoms with van der Waals surface area (Å²) in [4.78, 5) is 28.3. The number of para-hydroxylation sites is 1. The molecule has 0 bridgehead atoms. The first-order valence-electron chi connectivity index (χ1n) is 8.85. The number of hydrogen-bond donors (Lipinski definition) is 3. The number of nitrogens with zero attached hydrogens (tertiary/aromatic N) is 2. The summed E-state index contributed by atoms with van der Waals surface area (Å²) in [6.07, 6.45) is 0. The van der Waals surface area contributed by atoms with Crippen LogP contribution < -0.4 is 15.6 Å². The minimum absolute atomic E-state index is 0.0562. The lowest BCUT2D eigenvalue weighted by Gasteiger charge is -2.08. The van der Waals surface area contributed by atoms with Gasteiger partial charge in [0.1, 0.15) is 5.75 Å². The summed E-state index contributed by atoms with van der Waals surface area (Å²) in [5.74, 6) is -0.269. The predicted octanol–water partition coefficient (Wildman–Crippen LogP) is 3.54. The van der Waals surface area contributed by atoms with Gasteiger partial charge in [0, 0.05) is 34.6 Å². The molecule has 0 aliphatic heterocycles. The Morgan fingerprint density at radius 3 is 2.90 bits per heavy atom. The molecule has 4 aromatic rings. The second kappa shape index (κ2) is 8.13. The molecule has 10 heteroatoms. The van der Waals surface area contributed by atoms with Gasteiger partial charge in [-0.3, -0.25) is 9.32 Å². The summed E-state index contributed by atoms with van der Waals surface area (Å²) in [6, 6.07) is 11.9. The minimum Gasteiger partial charge on any atom is -0.507 e. The SMILES string of the molecule is CC(=O)c1cccc(CNc2nc(-c3c(=O)o[nH][n+]3-c3cccc(Cl)c3)cs2)c1O. The first-order chi connectivity index (χ1) is 14.4. The van der Waals surface area contributed by atoms with Crippen molar-refractivity contribution in [3.63, 3.8) is 0 Å². The van der Waals surface area contributed by atoms with Crippen LogP contribution in [0.1, 0.15) is 22.8 Å². The number of benzene rings is 2. The number of aromatic hydroxyl groups is 1. The van der Waals surface area contributed by atoms with Gasteiger partial charge >= 0.3 is 11.3 Å². The van der Waals surface area contributed by atoms with Crippen LogP contribution >= 0.6 is 22.9 Å². The fraction of sp³-hybridized carbons (Fsp3) is 0.100. The number of thiazole rings is 1. The molecule has 2 heterocycles. The smallest absolute Gasteiger partial charge is 0.437 e. The molecule has 0 aliphatic rings. The van der Waals surface area contributed by atoms with Gasteiger partial charge in [0.2, 0.25) is 5.69 Å². The molecular formula is C20H16ClN4O4S+. The number of carbonyl (C=O) groups excluding carboxylic acids is 1. The van der Waals surface area contributed by atoms with E-state index in [0.29, 0.717) is 27.1 Å². The molecule has 30 heavy (non-hydrogen) atoms. The first-order valence-corrected chi connectivity index (χ1v) is 10.1. The number of H-pyrrole nitrogens is 1. The Kier molecular flexibility index (Phi) is 5.39. The number of nitrogens with one attached hydrogen (secondary N) is 2. The van der Waals surface area contributed by atoms with Crippen LogP contribution in [0, 0.1) is 0 Å². The summed E-state index contributed by atoms with van der Waals surface area (Å²) in [5, 5.41) is 18.7. The maximum atomic E-state index is 12.3. The highest BCUT2D eigenvalue weighted by atomic mass is 35.5. The Morgan fingerprint density at radius 1 is 1.33 bits per heavy atom. The molecule has 3 N–H and O–H groups in total. The van der Waals surface area contributed by atoms with Crippen LogP contribution in [0.25, 0.3) is 17.1 Å². The van der Waals surface area contributed by atoms with Gasteiger partial charge in [-0.25, -0.2) is 9.78 Å². The van der Waals surface area contributed by atoms with E-state index in [1.807, 2.05) is 0 Å². The third-order valence-electron chi connectivity index (χ3n) is 4.39. The fourth-order valence-corrected chi connectivity index (χ4v) is 3.82. The third-order valence-corrected chi connectivity index (χ3v) is 5.42. The molecule has 2 aromatic carbocycles. The van der Waals surface area contributed by atoms with Gasteiger partial charge in [-0.2, -0.15) is 0 Å². The van der Waals surface area contributed by atoms with E-state index in [1.165, 1.54) is 22.9 Å². The number of Topliss-reactive ketones (excluding diaryl/α,β-unsaturated/α-hetero) is 1. The minimum atomic E-state index is -0.571. The second-order valence-electron chi connectivity index (χ2n) is 6.41. The molecule has 0 amide bonds. The summed E-state index contributed by atoms with van der Waals surface area (Å²) >= 11 is 7.34. The van der Waals surface area contributed by atoms with Crippen molar-refractivity contribution in [1.82, 2.24) is 10.3 Å². The Labute approximate surface area is 179 Å².